The quantitative estimate of drug-likeness (QED) is 0.808. The average molecular weight is 408 g/mol. The Morgan fingerprint density at radius 2 is 1.74 bits per heavy atom. The fourth-order valence-corrected chi connectivity index (χ4v) is 3.49. The normalized spacial score (nSPS) is 16.1. The highest BCUT2D eigenvalue weighted by molar-refractivity contribution is 6.35. The van der Waals surface area contributed by atoms with Gasteiger partial charge in [0.25, 0.3) is 0 Å². The van der Waals surface area contributed by atoms with E-state index in [0.717, 1.165) is 31.9 Å². The van der Waals surface area contributed by atoms with Crippen molar-refractivity contribution in [3.8, 4) is 5.75 Å². The second-order valence-corrected chi connectivity index (χ2v) is 7.35. The van der Waals surface area contributed by atoms with Crippen LogP contribution in [0.15, 0.2) is 42.5 Å². The molecule has 144 valence electrons. The predicted molar refractivity (Wildman–Crippen MR) is 111 cm³/mol. The van der Waals surface area contributed by atoms with E-state index in [1.54, 1.807) is 25.3 Å². The summed E-state index contributed by atoms with van der Waals surface area (Å²) >= 11 is 12.1. The number of rotatable bonds is 5. The Morgan fingerprint density at radius 1 is 1.07 bits per heavy atom. The number of nitrogens with one attached hydrogen (secondary N) is 1. The summed E-state index contributed by atoms with van der Waals surface area (Å²) in [6, 6.07) is 12.8. The Bertz CT molecular complexity index is 790. The van der Waals surface area contributed by atoms with Gasteiger partial charge in [0.05, 0.1) is 23.9 Å². The van der Waals surface area contributed by atoms with E-state index in [9.17, 15) is 4.79 Å². The third kappa shape index (κ3) is 4.86. The summed E-state index contributed by atoms with van der Waals surface area (Å²) in [7, 11) is 1.66. The van der Waals surface area contributed by atoms with Crippen molar-refractivity contribution in [1.82, 2.24) is 4.90 Å². The molecule has 1 amide bonds. The van der Waals surface area contributed by atoms with Gasteiger partial charge in [0, 0.05) is 36.9 Å². The van der Waals surface area contributed by atoms with E-state index < -0.39 is 0 Å². The largest absolute Gasteiger partial charge is 0.497 e. The molecule has 0 aromatic heterocycles. The number of carbonyl (C=O) groups excluding carboxylic acids is 1. The Hall–Kier alpha value is -1.95. The third-order valence-corrected chi connectivity index (χ3v) is 5.43. The van der Waals surface area contributed by atoms with Crippen molar-refractivity contribution >= 4 is 40.5 Å². The minimum atomic E-state index is -0.252. The van der Waals surface area contributed by atoms with E-state index in [1.807, 2.05) is 19.1 Å². The van der Waals surface area contributed by atoms with Gasteiger partial charge in [-0.15, -0.1) is 0 Å². The zero-order valence-electron chi connectivity index (χ0n) is 15.4. The molecule has 0 aliphatic carbocycles. The minimum absolute atomic E-state index is 0.0861. The summed E-state index contributed by atoms with van der Waals surface area (Å²) in [6.45, 7) is 5.26. The van der Waals surface area contributed by atoms with E-state index in [0.29, 0.717) is 15.7 Å². The Labute approximate surface area is 169 Å². The van der Waals surface area contributed by atoms with Crippen LogP contribution in [0.3, 0.4) is 0 Å². The number of hydrogen-bond donors (Lipinski definition) is 1. The van der Waals surface area contributed by atoms with Crippen molar-refractivity contribution in [3.63, 3.8) is 0 Å². The number of anilines is 2. The average Bonchev–Trinajstić information content (AvgIpc) is 2.70. The van der Waals surface area contributed by atoms with Gasteiger partial charge in [-0.2, -0.15) is 0 Å². The molecule has 1 aliphatic rings. The van der Waals surface area contributed by atoms with Crippen LogP contribution in [-0.2, 0) is 4.79 Å². The molecule has 0 spiro atoms. The second kappa shape index (κ2) is 8.83. The lowest BCUT2D eigenvalue weighted by atomic mass is 10.2. The molecule has 0 radical (unpaired) electrons. The van der Waals surface area contributed by atoms with Crippen LogP contribution < -0.4 is 15.0 Å². The van der Waals surface area contributed by atoms with Crippen LogP contribution >= 0.6 is 23.2 Å². The van der Waals surface area contributed by atoms with E-state index in [1.165, 1.54) is 5.69 Å². The van der Waals surface area contributed by atoms with Crippen LogP contribution in [-0.4, -0.2) is 50.1 Å². The van der Waals surface area contributed by atoms with Crippen LogP contribution in [0.25, 0.3) is 0 Å². The molecule has 0 saturated carbocycles. The number of carbonyl (C=O) groups is 1. The van der Waals surface area contributed by atoms with Crippen LogP contribution in [0.2, 0.25) is 10.0 Å². The van der Waals surface area contributed by atoms with E-state index >= 15 is 0 Å². The summed E-state index contributed by atoms with van der Waals surface area (Å²) in [5.74, 6) is 0.763. The second-order valence-electron chi connectivity index (χ2n) is 6.51. The zero-order chi connectivity index (χ0) is 19.4. The molecule has 5 nitrogen and oxygen atoms in total. The van der Waals surface area contributed by atoms with Crippen LogP contribution in [0.4, 0.5) is 11.4 Å². The highest BCUT2D eigenvalue weighted by Crippen LogP contribution is 2.26. The van der Waals surface area contributed by atoms with Gasteiger partial charge in [-0.3, -0.25) is 9.69 Å². The Kier molecular flexibility index (Phi) is 6.47. The predicted octanol–water partition coefficient (Wildman–Crippen LogP) is 4.15. The molecular formula is C20H23Cl2N3O2. The molecular weight excluding hydrogens is 385 g/mol. The van der Waals surface area contributed by atoms with Gasteiger partial charge in [0.1, 0.15) is 5.75 Å². The smallest absolute Gasteiger partial charge is 0.241 e. The molecule has 1 saturated heterocycles. The van der Waals surface area contributed by atoms with Crippen molar-refractivity contribution in [2.24, 2.45) is 0 Å². The van der Waals surface area contributed by atoms with Gasteiger partial charge in [0.15, 0.2) is 0 Å². The first-order chi connectivity index (χ1) is 13.0. The molecule has 27 heavy (non-hydrogen) atoms. The molecule has 1 fully saturated rings. The first kappa shape index (κ1) is 19.8. The number of piperazine rings is 1. The number of methoxy groups -OCH3 is 1. The summed E-state index contributed by atoms with van der Waals surface area (Å²) in [4.78, 5) is 17.1. The van der Waals surface area contributed by atoms with Crippen LogP contribution in [0.1, 0.15) is 6.92 Å². The maximum absolute atomic E-state index is 12.6. The molecule has 1 aliphatic heterocycles. The fraction of sp³-hybridized carbons (Fsp3) is 0.350. The van der Waals surface area contributed by atoms with Gasteiger partial charge in [-0.1, -0.05) is 23.2 Å². The van der Waals surface area contributed by atoms with Crippen LogP contribution in [0, 0.1) is 0 Å². The Balaban J connectivity index is 1.56. The standard InChI is InChI=1S/C20H23Cl2N3O2/c1-14(20(26)23-19-13-15(21)3-8-18(19)22)24-9-11-25(12-10-24)16-4-6-17(27-2)7-5-16/h3-8,13-14H,9-12H2,1-2H3,(H,23,26)/t14-/m0/s1. The number of benzene rings is 2. The fourth-order valence-electron chi connectivity index (χ4n) is 3.16. The summed E-state index contributed by atoms with van der Waals surface area (Å²) < 4.78 is 5.21. The third-order valence-electron chi connectivity index (χ3n) is 4.87. The van der Waals surface area contributed by atoms with E-state index in [2.05, 4.69) is 27.2 Å². The molecule has 2 aromatic rings. The van der Waals surface area contributed by atoms with E-state index in [-0.39, 0.29) is 11.9 Å². The molecule has 1 atom stereocenters. The lowest BCUT2D eigenvalue weighted by molar-refractivity contribution is -0.120. The van der Waals surface area contributed by atoms with Gasteiger partial charge in [0.2, 0.25) is 5.91 Å². The minimum Gasteiger partial charge on any atom is -0.497 e. The maximum Gasteiger partial charge on any atom is 0.241 e. The topological polar surface area (TPSA) is 44.8 Å². The van der Waals surface area contributed by atoms with Crippen molar-refractivity contribution < 1.29 is 9.53 Å². The first-order valence-corrected chi connectivity index (χ1v) is 9.62. The van der Waals surface area contributed by atoms with Crippen LogP contribution in [0.5, 0.6) is 5.75 Å². The lowest BCUT2D eigenvalue weighted by Gasteiger charge is -2.38. The SMILES string of the molecule is COc1ccc(N2CCN([C@@H](C)C(=O)Nc3cc(Cl)ccc3Cl)CC2)cc1. The monoisotopic (exact) mass is 407 g/mol. The summed E-state index contributed by atoms with van der Waals surface area (Å²) in [6.07, 6.45) is 0. The number of ether oxygens (including phenoxy) is 1. The van der Waals surface area contributed by atoms with Gasteiger partial charge >= 0.3 is 0 Å². The lowest BCUT2D eigenvalue weighted by Crippen LogP contribution is -2.52. The molecule has 2 aromatic carbocycles. The summed E-state index contributed by atoms with van der Waals surface area (Å²) in [5.41, 5.74) is 1.70. The number of amides is 1. The van der Waals surface area contributed by atoms with Crippen molar-refractivity contribution in [2.75, 3.05) is 43.5 Å². The first-order valence-electron chi connectivity index (χ1n) is 8.87. The molecule has 0 unspecified atom stereocenters. The molecule has 1 N–H and O–H groups in total. The van der Waals surface area contributed by atoms with Crippen molar-refractivity contribution in [2.45, 2.75) is 13.0 Å². The van der Waals surface area contributed by atoms with Crippen molar-refractivity contribution in [3.05, 3.63) is 52.5 Å². The molecule has 7 heteroatoms. The summed E-state index contributed by atoms with van der Waals surface area (Å²) in [5, 5.41) is 3.89. The van der Waals surface area contributed by atoms with Crippen molar-refractivity contribution in [1.29, 1.82) is 0 Å². The van der Waals surface area contributed by atoms with E-state index in [4.69, 9.17) is 27.9 Å². The zero-order valence-corrected chi connectivity index (χ0v) is 16.9. The highest BCUT2D eigenvalue weighted by Gasteiger charge is 2.26. The maximum atomic E-state index is 12.6. The number of halogens is 2. The van der Waals surface area contributed by atoms with Gasteiger partial charge in [-0.25, -0.2) is 0 Å². The van der Waals surface area contributed by atoms with Gasteiger partial charge in [-0.05, 0) is 49.4 Å². The Morgan fingerprint density at radius 3 is 2.37 bits per heavy atom. The number of nitrogens with zero attached hydrogens (tertiary/aromatic N) is 2. The molecule has 0 bridgehead atoms. The van der Waals surface area contributed by atoms with Gasteiger partial charge < -0.3 is 15.0 Å². The molecule has 1 heterocycles. The highest BCUT2D eigenvalue weighted by atomic mass is 35.5. The number of hydrogen-bond acceptors (Lipinski definition) is 4. The molecule has 3 rings (SSSR count).